The molecule has 4 aromatic carbocycles. The average Bonchev–Trinajstić information content (AvgIpc) is 3.32. The topological polar surface area (TPSA) is 59.2 Å². The quantitative estimate of drug-likeness (QED) is 0.294. The first-order valence-corrected chi connectivity index (χ1v) is 10.4. The van der Waals surface area contributed by atoms with Gasteiger partial charge in [-0.25, -0.2) is 4.63 Å². The van der Waals surface area contributed by atoms with E-state index < -0.39 is 0 Å². The van der Waals surface area contributed by atoms with E-state index in [0.29, 0.717) is 16.6 Å². The van der Waals surface area contributed by atoms with E-state index in [0.717, 1.165) is 34.5 Å². The van der Waals surface area contributed by atoms with Gasteiger partial charge in [-0.3, -0.25) is 4.79 Å². The van der Waals surface area contributed by atoms with Crippen LogP contribution in [-0.4, -0.2) is 16.6 Å². The molecule has 1 heterocycles. The van der Waals surface area contributed by atoms with Gasteiger partial charge in [-0.2, -0.15) is 0 Å². The first kappa shape index (κ1) is 19.7. The predicted octanol–water partition coefficient (Wildman–Crippen LogP) is 6.79. The van der Waals surface area contributed by atoms with E-state index in [-0.39, 0.29) is 0 Å². The van der Waals surface area contributed by atoms with E-state index in [4.69, 9.17) is 4.63 Å². The van der Waals surface area contributed by atoms with Crippen LogP contribution in [0, 0.1) is 13.8 Å². The summed E-state index contributed by atoms with van der Waals surface area (Å²) in [6.45, 7) is 4.17. The van der Waals surface area contributed by atoms with Crippen molar-refractivity contribution in [3.05, 3.63) is 102 Å². The second-order valence-corrected chi connectivity index (χ2v) is 7.84. The van der Waals surface area contributed by atoms with Crippen molar-refractivity contribution < 1.29 is 9.42 Å². The van der Waals surface area contributed by atoms with Crippen LogP contribution in [0.4, 0.5) is 17.1 Å². The van der Waals surface area contributed by atoms with E-state index in [1.165, 1.54) is 11.1 Å². The summed E-state index contributed by atoms with van der Waals surface area (Å²) in [4.78, 5) is 13.5. The number of hydrogen-bond acceptors (Lipinski definition) is 5. The molecule has 0 saturated heterocycles. The molecular formula is C27H21N3O2. The number of hydrogen-bond donors (Lipinski definition) is 0. The number of aromatic nitrogens is 2. The minimum Gasteiger partial charge on any atom is -0.311 e. The summed E-state index contributed by atoms with van der Waals surface area (Å²) in [6, 6.07) is 28.9. The molecule has 0 saturated carbocycles. The molecule has 0 atom stereocenters. The van der Waals surface area contributed by atoms with Crippen LogP contribution < -0.4 is 4.90 Å². The number of carbonyl (C=O) groups is 1. The van der Waals surface area contributed by atoms with Crippen LogP contribution >= 0.6 is 0 Å². The van der Waals surface area contributed by atoms with Gasteiger partial charge in [0.15, 0.2) is 6.29 Å². The maximum atomic E-state index is 11.3. The fraction of sp³-hybridized carbons (Fsp3) is 0.0741. The Kier molecular flexibility index (Phi) is 5.00. The highest BCUT2D eigenvalue weighted by atomic mass is 16.6. The molecule has 156 valence electrons. The molecule has 0 radical (unpaired) electrons. The maximum Gasteiger partial charge on any atom is 0.152 e. The molecule has 0 unspecified atom stereocenters. The van der Waals surface area contributed by atoms with Crippen LogP contribution in [0.1, 0.15) is 21.5 Å². The summed E-state index contributed by atoms with van der Waals surface area (Å²) in [7, 11) is 0. The second kappa shape index (κ2) is 8.12. The Hall–Kier alpha value is -4.25. The molecule has 5 nitrogen and oxygen atoms in total. The first-order chi connectivity index (χ1) is 15.6. The van der Waals surface area contributed by atoms with Crippen LogP contribution in [0.5, 0.6) is 0 Å². The zero-order chi connectivity index (χ0) is 22.1. The van der Waals surface area contributed by atoms with Crippen LogP contribution in [0.3, 0.4) is 0 Å². The van der Waals surface area contributed by atoms with Gasteiger partial charge in [0.05, 0.1) is 0 Å². The SMILES string of the molecule is Cc1ccc(N(c2ccc(C)cc2)c2ccc(-c3ccc(C=O)c4nonc34)cc2)cc1. The van der Waals surface area contributed by atoms with E-state index >= 15 is 0 Å². The molecule has 0 aliphatic rings. The third-order valence-electron chi connectivity index (χ3n) is 5.59. The molecule has 32 heavy (non-hydrogen) atoms. The summed E-state index contributed by atoms with van der Waals surface area (Å²) < 4.78 is 4.90. The highest BCUT2D eigenvalue weighted by Gasteiger charge is 2.15. The van der Waals surface area contributed by atoms with E-state index in [1.807, 2.05) is 6.07 Å². The molecule has 0 aliphatic heterocycles. The monoisotopic (exact) mass is 419 g/mol. The third-order valence-corrected chi connectivity index (χ3v) is 5.59. The van der Waals surface area contributed by atoms with Gasteiger partial charge in [0.2, 0.25) is 0 Å². The van der Waals surface area contributed by atoms with Crippen LogP contribution in [-0.2, 0) is 0 Å². The van der Waals surface area contributed by atoms with Gasteiger partial charge in [-0.1, -0.05) is 53.6 Å². The molecule has 0 spiro atoms. The lowest BCUT2D eigenvalue weighted by atomic mass is 10.0. The second-order valence-electron chi connectivity index (χ2n) is 7.84. The van der Waals surface area contributed by atoms with Gasteiger partial charge < -0.3 is 4.90 Å². The van der Waals surface area contributed by atoms with Crippen molar-refractivity contribution in [1.82, 2.24) is 10.3 Å². The molecule has 5 aromatic rings. The number of aryl methyl sites for hydroxylation is 2. The normalized spacial score (nSPS) is 10.9. The Bertz CT molecular complexity index is 1340. The summed E-state index contributed by atoms with van der Waals surface area (Å²) >= 11 is 0. The van der Waals surface area contributed by atoms with Crippen molar-refractivity contribution in [1.29, 1.82) is 0 Å². The Balaban J connectivity index is 1.58. The molecule has 0 amide bonds. The van der Waals surface area contributed by atoms with E-state index in [2.05, 4.69) is 102 Å². The Morgan fingerprint density at radius 2 is 1.16 bits per heavy atom. The zero-order valence-electron chi connectivity index (χ0n) is 17.8. The molecule has 5 heteroatoms. The highest BCUT2D eigenvalue weighted by Crippen LogP contribution is 2.36. The smallest absolute Gasteiger partial charge is 0.152 e. The van der Waals surface area contributed by atoms with Crippen molar-refractivity contribution in [3.63, 3.8) is 0 Å². The van der Waals surface area contributed by atoms with Crippen molar-refractivity contribution >= 4 is 34.4 Å². The molecule has 5 rings (SSSR count). The first-order valence-electron chi connectivity index (χ1n) is 10.4. The number of anilines is 3. The largest absolute Gasteiger partial charge is 0.311 e. The van der Waals surface area contributed by atoms with E-state index in [1.54, 1.807) is 6.07 Å². The zero-order valence-corrected chi connectivity index (χ0v) is 17.8. The molecule has 1 aromatic heterocycles. The fourth-order valence-corrected chi connectivity index (χ4v) is 3.84. The van der Waals surface area contributed by atoms with Gasteiger partial charge in [0, 0.05) is 28.2 Å². The maximum absolute atomic E-state index is 11.3. The number of rotatable bonds is 5. The number of aldehydes is 1. The average molecular weight is 419 g/mol. The lowest BCUT2D eigenvalue weighted by Crippen LogP contribution is -2.09. The number of benzene rings is 4. The molecule has 0 N–H and O–H groups in total. The van der Waals surface area contributed by atoms with Crippen molar-refractivity contribution in [2.75, 3.05) is 4.90 Å². The van der Waals surface area contributed by atoms with Crippen LogP contribution in [0.15, 0.2) is 89.6 Å². The van der Waals surface area contributed by atoms with E-state index in [9.17, 15) is 4.79 Å². The number of nitrogens with zero attached hydrogens (tertiary/aromatic N) is 3. The van der Waals surface area contributed by atoms with Crippen molar-refractivity contribution in [2.45, 2.75) is 13.8 Å². The molecule has 0 aliphatic carbocycles. The van der Waals surface area contributed by atoms with Crippen LogP contribution in [0.2, 0.25) is 0 Å². The minimum absolute atomic E-state index is 0.464. The summed E-state index contributed by atoms with van der Waals surface area (Å²) in [5.74, 6) is 0. The summed E-state index contributed by atoms with van der Waals surface area (Å²) in [6.07, 6.45) is 0.764. The minimum atomic E-state index is 0.464. The van der Waals surface area contributed by atoms with Gasteiger partial charge in [-0.05, 0) is 72.2 Å². The van der Waals surface area contributed by atoms with Gasteiger partial charge in [0.25, 0.3) is 0 Å². The standard InChI is InChI=1S/C27H21N3O2/c1-18-3-10-22(11-4-18)30(23-12-5-19(2)6-13-23)24-14-7-20(8-15-24)25-16-9-21(17-31)26-27(25)29-32-28-26/h3-17H,1-2H3. The van der Waals surface area contributed by atoms with Crippen molar-refractivity contribution in [3.8, 4) is 11.1 Å². The van der Waals surface area contributed by atoms with Gasteiger partial charge >= 0.3 is 0 Å². The van der Waals surface area contributed by atoms with Gasteiger partial charge in [0.1, 0.15) is 11.0 Å². The summed E-state index contributed by atoms with van der Waals surface area (Å²) in [5, 5.41) is 7.91. The Morgan fingerprint density at radius 3 is 1.69 bits per heavy atom. The lowest BCUT2D eigenvalue weighted by molar-refractivity contribution is 0.112. The van der Waals surface area contributed by atoms with Gasteiger partial charge in [-0.15, -0.1) is 0 Å². The highest BCUT2D eigenvalue weighted by molar-refractivity contribution is 6.00. The Labute approximate surface area is 185 Å². The lowest BCUT2D eigenvalue weighted by Gasteiger charge is -2.26. The number of carbonyl (C=O) groups excluding carboxylic acids is 1. The Morgan fingerprint density at radius 1 is 0.656 bits per heavy atom. The predicted molar refractivity (Wildman–Crippen MR) is 127 cm³/mol. The van der Waals surface area contributed by atoms with Crippen LogP contribution in [0.25, 0.3) is 22.2 Å². The molecular weight excluding hydrogens is 398 g/mol. The number of fused-ring (bicyclic) bond motifs is 1. The fourth-order valence-electron chi connectivity index (χ4n) is 3.84. The third kappa shape index (κ3) is 3.54. The van der Waals surface area contributed by atoms with Crippen molar-refractivity contribution in [2.24, 2.45) is 0 Å². The molecule has 0 fully saturated rings. The molecule has 0 bridgehead atoms. The summed E-state index contributed by atoms with van der Waals surface area (Å²) in [5.41, 5.74) is 9.02.